The van der Waals surface area contributed by atoms with Crippen molar-refractivity contribution in [3.05, 3.63) is 59.4 Å². The number of piperazine rings is 1. The Morgan fingerprint density at radius 3 is 2.27 bits per heavy atom. The number of carbonyl (C=O) groups excluding carboxylic acids is 2. The molecule has 0 aromatic heterocycles. The third kappa shape index (κ3) is 3.74. The van der Waals surface area contributed by atoms with Gasteiger partial charge < -0.3 is 4.90 Å². The van der Waals surface area contributed by atoms with Crippen LogP contribution < -0.4 is 9.80 Å². The van der Waals surface area contributed by atoms with Crippen molar-refractivity contribution in [3.63, 3.8) is 0 Å². The van der Waals surface area contributed by atoms with Crippen LogP contribution in [-0.4, -0.2) is 56.8 Å². The maximum Gasteiger partial charge on any atom is 0.292 e. The standard InChI is InChI=1S/C20H19ClFN3O4S/c21-14-5-7-15(8-6-14)25-19(26)13-17(20(25)27)23-9-11-24(12-10-23)30(28,29)18-4-2-1-3-16(18)22/h1-8,17H,9-13H2/p+1/t17-/m0/s1. The van der Waals surface area contributed by atoms with Crippen molar-refractivity contribution >= 4 is 39.1 Å². The molecule has 158 valence electrons. The fourth-order valence-electron chi connectivity index (χ4n) is 3.97. The number of anilines is 1. The molecule has 2 aromatic rings. The minimum absolute atomic E-state index is 0.0663. The third-order valence-corrected chi connectivity index (χ3v) is 7.73. The highest BCUT2D eigenvalue weighted by Crippen LogP contribution is 2.24. The van der Waals surface area contributed by atoms with Gasteiger partial charge in [0.2, 0.25) is 15.9 Å². The molecule has 0 aliphatic carbocycles. The first-order chi connectivity index (χ1) is 14.3. The summed E-state index contributed by atoms with van der Waals surface area (Å²) < 4.78 is 40.7. The van der Waals surface area contributed by atoms with Crippen molar-refractivity contribution in [2.75, 3.05) is 31.1 Å². The van der Waals surface area contributed by atoms with Crippen molar-refractivity contribution in [3.8, 4) is 0 Å². The quantitative estimate of drug-likeness (QED) is 0.693. The van der Waals surface area contributed by atoms with E-state index < -0.39 is 21.9 Å². The number of hydrogen-bond donors (Lipinski definition) is 1. The van der Waals surface area contributed by atoms with Crippen LogP contribution in [-0.2, 0) is 19.6 Å². The number of nitrogens with zero attached hydrogens (tertiary/aromatic N) is 2. The fraction of sp³-hybridized carbons (Fsp3) is 0.300. The number of carbonyl (C=O) groups is 2. The average molecular weight is 453 g/mol. The predicted molar refractivity (Wildman–Crippen MR) is 108 cm³/mol. The highest BCUT2D eigenvalue weighted by Gasteiger charge is 2.47. The van der Waals surface area contributed by atoms with Crippen molar-refractivity contribution in [1.82, 2.24) is 4.31 Å². The molecule has 2 aliphatic rings. The Morgan fingerprint density at radius 2 is 1.63 bits per heavy atom. The van der Waals surface area contributed by atoms with E-state index in [4.69, 9.17) is 11.6 Å². The van der Waals surface area contributed by atoms with E-state index in [0.717, 1.165) is 15.9 Å². The lowest BCUT2D eigenvalue weighted by atomic mass is 10.2. The van der Waals surface area contributed by atoms with Gasteiger partial charge in [-0.25, -0.2) is 17.7 Å². The number of benzene rings is 2. The van der Waals surface area contributed by atoms with Crippen molar-refractivity contribution in [2.45, 2.75) is 17.4 Å². The van der Waals surface area contributed by atoms with Gasteiger partial charge in [0.15, 0.2) is 6.04 Å². The summed E-state index contributed by atoms with van der Waals surface area (Å²) in [6, 6.07) is 11.2. The van der Waals surface area contributed by atoms with Crippen molar-refractivity contribution in [1.29, 1.82) is 0 Å². The van der Waals surface area contributed by atoms with E-state index in [1.165, 1.54) is 22.5 Å². The van der Waals surface area contributed by atoms with Gasteiger partial charge in [-0.15, -0.1) is 0 Å². The normalized spacial score (nSPS) is 21.4. The Balaban J connectivity index is 1.46. The minimum Gasteiger partial charge on any atom is -0.322 e. The topological polar surface area (TPSA) is 79.2 Å². The zero-order chi connectivity index (χ0) is 21.5. The van der Waals surface area contributed by atoms with E-state index in [-0.39, 0.29) is 36.2 Å². The predicted octanol–water partition coefficient (Wildman–Crippen LogP) is 0.700. The molecule has 2 amide bonds. The third-order valence-electron chi connectivity index (χ3n) is 5.54. The molecule has 0 spiro atoms. The molecule has 2 aromatic carbocycles. The first kappa shape index (κ1) is 20.9. The fourth-order valence-corrected chi connectivity index (χ4v) is 5.60. The van der Waals surface area contributed by atoms with Gasteiger partial charge in [0.25, 0.3) is 5.91 Å². The lowest BCUT2D eigenvalue weighted by Gasteiger charge is -2.33. The number of imide groups is 1. The molecular formula is C20H20ClFN3O4S+. The van der Waals surface area contributed by atoms with Crippen LogP contribution in [0.4, 0.5) is 10.1 Å². The van der Waals surface area contributed by atoms with Gasteiger partial charge in [-0.2, -0.15) is 4.31 Å². The van der Waals surface area contributed by atoms with E-state index in [1.54, 1.807) is 24.3 Å². The van der Waals surface area contributed by atoms with Gasteiger partial charge in [-0.05, 0) is 36.4 Å². The largest absolute Gasteiger partial charge is 0.322 e. The summed E-state index contributed by atoms with van der Waals surface area (Å²) in [6.45, 7) is 0.994. The first-order valence-corrected chi connectivity index (χ1v) is 11.3. The van der Waals surface area contributed by atoms with Gasteiger partial charge in [-0.1, -0.05) is 23.7 Å². The molecule has 2 aliphatic heterocycles. The molecule has 0 radical (unpaired) electrons. The maximum atomic E-state index is 14.0. The van der Waals surface area contributed by atoms with E-state index in [1.807, 2.05) is 0 Å². The lowest BCUT2D eigenvalue weighted by molar-refractivity contribution is -0.918. The minimum atomic E-state index is -3.95. The second kappa shape index (κ2) is 8.07. The molecule has 2 fully saturated rings. The summed E-state index contributed by atoms with van der Waals surface area (Å²) in [5.74, 6) is -1.38. The molecule has 7 nitrogen and oxygen atoms in total. The number of hydrogen-bond acceptors (Lipinski definition) is 4. The molecule has 0 bridgehead atoms. The summed E-state index contributed by atoms with van der Waals surface area (Å²) in [6.07, 6.45) is 0.0663. The molecule has 0 saturated carbocycles. The summed E-state index contributed by atoms with van der Waals surface area (Å²) >= 11 is 5.88. The Morgan fingerprint density at radius 1 is 1.00 bits per heavy atom. The Kier molecular flexibility index (Phi) is 5.63. The average Bonchev–Trinajstić information content (AvgIpc) is 3.03. The molecule has 2 heterocycles. The number of sulfonamides is 1. The second-order valence-electron chi connectivity index (χ2n) is 7.29. The van der Waals surface area contributed by atoms with Crippen LogP contribution in [0.5, 0.6) is 0 Å². The molecule has 1 atom stereocenters. The number of halogens is 2. The highest BCUT2D eigenvalue weighted by atomic mass is 35.5. The van der Waals surface area contributed by atoms with E-state index in [0.29, 0.717) is 23.8 Å². The van der Waals surface area contributed by atoms with Crippen LogP contribution in [0.2, 0.25) is 5.02 Å². The zero-order valence-electron chi connectivity index (χ0n) is 15.9. The molecule has 0 unspecified atom stereocenters. The summed E-state index contributed by atoms with van der Waals surface area (Å²) in [5.41, 5.74) is 0.470. The van der Waals surface area contributed by atoms with E-state index in [2.05, 4.69) is 0 Å². The zero-order valence-corrected chi connectivity index (χ0v) is 17.5. The van der Waals surface area contributed by atoms with Crippen LogP contribution in [0.1, 0.15) is 6.42 Å². The molecular weight excluding hydrogens is 433 g/mol. The van der Waals surface area contributed by atoms with Crippen LogP contribution in [0.3, 0.4) is 0 Å². The van der Waals surface area contributed by atoms with Crippen LogP contribution in [0.25, 0.3) is 0 Å². The maximum absolute atomic E-state index is 14.0. The smallest absolute Gasteiger partial charge is 0.292 e. The Bertz CT molecular complexity index is 1090. The van der Waals surface area contributed by atoms with Crippen LogP contribution in [0.15, 0.2) is 53.4 Å². The molecule has 1 N–H and O–H groups in total. The monoisotopic (exact) mass is 452 g/mol. The summed E-state index contributed by atoms with van der Waals surface area (Å²) in [4.78, 5) is 27.1. The van der Waals surface area contributed by atoms with E-state index >= 15 is 0 Å². The highest BCUT2D eigenvalue weighted by molar-refractivity contribution is 7.89. The van der Waals surface area contributed by atoms with Crippen LogP contribution >= 0.6 is 11.6 Å². The molecule has 10 heteroatoms. The Hall–Kier alpha value is -2.33. The number of amides is 2. The lowest BCUT2D eigenvalue weighted by Crippen LogP contribution is -3.19. The van der Waals surface area contributed by atoms with Gasteiger partial charge in [0, 0.05) is 5.02 Å². The van der Waals surface area contributed by atoms with Gasteiger partial charge in [0.1, 0.15) is 10.7 Å². The van der Waals surface area contributed by atoms with Gasteiger partial charge in [-0.3, -0.25) is 9.59 Å². The SMILES string of the molecule is O=C1C[C@H]([NH+]2CCN(S(=O)(=O)c3ccccc3F)CC2)C(=O)N1c1ccc(Cl)cc1. The van der Waals surface area contributed by atoms with E-state index in [9.17, 15) is 22.4 Å². The van der Waals surface area contributed by atoms with Crippen molar-refractivity contribution < 1.29 is 27.3 Å². The first-order valence-electron chi connectivity index (χ1n) is 9.50. The molecule has 4 rings (SSSR count). The second-order valence-corrected chi connectivity index (χ2v) is 9.64. The van der Waals surface area contributed by atoms with Crippen LogP contribution in [0, 0.1) is 5.82 Å². The number of nitrogens with one attached hydrogen (secondary N) is 1. The Labute approximate surface area is 178 Å². The number of quaternary nitrogens is 1. The molecule has 30 heavy (non-hydrogen) atoms. The summed E-state index contributed by atoms with van der Waals surface area (Å²) in [7, 11) is -3.95. The van der Waals surface area contributed by atoms with Crippen molar-refractivity contribution in [2.24, 2.45) is 0 Å². The van der Waals surface area contributed by atoms with Gasteiger partial charge >= 0.3 is 0 Å². The van der Waals surface area contributed by atoms with Gasteiger partial charge in [0.05, 0.1) is 38.3 Å². The number of rotatable bonds is 4. The summed E-state index contributed by atoms with van der Waals surface area (Å²) in [5, 5.41) is 0.507. The molecule has 2 saturated heterocycles.